The van der Waals surface area contributed by atoms with Crippen LogP contribution in [0, 0.1) is 10.1 Å². The number of nitro groups is 1. The van der Waals surface area contributed by atoms with Gasteiger partial charge in [0, 0.05) is 23.9 Å². The van der Waals surface area contributed by atoms with Crippen molar-refractivity contribution in [3.8, 4) is 0 Å². The molecule has 0 atom stereocenters. The average molecular weight is 374 g/mol. The van der Waals surface area contributed by atoms with Gasteiger partial charge in [-0.3, -0.25) is 19.7 Å². The molecule has 0 aromatic heterocycles. The van der Waals surface area contributed by atoms with Gasteiger partial charge in [0.25, 0.3) is 5.69 Å². The van der Waals surface area contributed by atoms with Crippen LogP contribution in [0.25, 0.3) is 0 Å². The summed E-state index contributed by atoms with van der Waals surface area (Å²) < 4.78 is 0. The van der Waals surface area contributed by atoms with Gasteiger partial charge < -0.3 is 16.4 Å². The number of hydrogen-bond donors (Lipinski definition) is 3. The van der Waals surface area contributed by atoms with Crippen LogP contribution in [0.15, 0.2) is 53.4 Å². The second kappa shape index (κ2) is 9.42. The third kappa shape index (κ3) is 5.78. The standard InChI is InChI=1S/C17H18N4O4S/c18-16(22)11-26-15-8-4-2-6-13(15)20-17(23)9-10-19-12-5-1-3-7-14(12)21(24)25/h1-8,19H,9-11H2,(H2,18,22)(H,20,23). The molecule has 0 bridgehead atoms. The fraction of sp³-hybridized carbons (Fsp3) is 0.176. The number of primary amides is 1. The lowest BCUT2D eigenvalue weighted by atomic mass is 10.2. The van der Waals surface area contributed by atoms with Gasteiger partial charge in [-0.25, -0.2) is 0 Å². The summed E-state index contributed by atoms with van der Waals surface area (Å²) in [6, 6.07) is 13.3. The first-order valence-electron chi connectivity index (χ1n) is 7.74. The predicted octanol–water partition coefficient (Wildman–Crippen LogP) is 2.61. The van der Waals surface area contributed by atoms with E-state index in [-0.39, 0.29) is 30.3 Å². The molecule has 2 amide bonds. The Hall–Kier alpha value is -3.07. The number of para-hydroxylation sites is 3. The van der Waals surface area contributed by atoms with E-state index in [4.69, 9.17) is 5.73 Å². The van der Waals surface area contributed by atoms with Crippen LogP contribution >= 0.6 is 11.8 Å². The number of nitrogens with two attached hydrogens (primary N) is 1. The topological polar surface area (TPSA) is 127 Å². The van der Waals surface area contributed by atoms with E-state index in [1.54, 1.807) is 42.5 Å². The number of nitro benzene ring substituents is 1. The van der Waals surface area contributed by atoms with Crippen LogP contribution in [-0.4, -0.2) is 29.0 Å². The van der Waals surface area contributed by atoms with E-state index in [1.165, 1.54) is 17.8 Å². The Morgan fingerprint density at radius 1 is 1.08 bits per heavy atom. The SMILES string of the molecule is NC(=O)CSc1ccccc1NC(=O)CCNc1ccccc1[N+](=O)[O-]. The van der Waals surface area contributed by atoms with Gasteiger partial charge in [0.15, 0.2) is 0 Å². The van der Waals surface area contributed by atoms with E-state index in [0.29, 0.717) is 11.4 Å². The summed E-state index contributed by atoms with van der Waals surface area (Å²) in [5.74, 6) is -0.570. The molecule has 2 aromatic carbocycles. The van der Waals surface area contributed by atoms with E-state index in [1.807, 2.05) is 0 Å². The van der Waals surface area contributed by atoms with Gasteiger partial charge in [0.2, 0.25) is 11.8 Å². The van der Waals surface area contributed by atoms with Crippen LogP contribution in [-0.2, 0) is 9.59 Å². The van der Waals surface area contributed by atoms with Crippen molar-refractivity contribution < 1.29 is 14.5 Å². The minimum Gasteiger partial charge on any atom is -0.379 e. The van der Waals surface area contributed by atoms with Crippen LogP contribution < -0.4 is 16.4 Å². The number of carbonyl (C=O) groups is 2. The van der Waals surface area contributed by atoms with Gasteiger partial charge in [-0.1, -0.05) is 24.3 Å². The number of amides is 2. The molecular formula is C17H18N4O4S. The molecule has 2 rings (SSSR count). The molecule has 0 saturated carbocycles. The number of anilines is 2. The second-order valence-electron chi connectivity index (χ2n) is 5.25. The van der Waals surface area contributed by atoms with Gasteiger partial charge in [0.05, 0.1) is 16.4 Å². The summed E-state index contributed by atoms with van der Waals surface area (Å²) in [5, 5.41) is 16.6. The maximum absolute atomic E-state index is 12.1. The Morgan fingerprint density at radius 2 is 1.73 bits per heavy atom. The molecule has 0 aliphatic carbocycles. The van der Waals surface area contributed by atoms with Crippen molar-refractivity contribution in [2.75, 3.05) is 22.9 Å². The number of carbonyl (C=O) groups excluding carboxylic acids is 2. The first kappa shape index (κ1) is 19.3. The quantitative estimate of drug-likeness (QED) is 0.352. The molecule has 26 heavy (non-hydrogen) atoms. The number of benzene rings is 2. The van der Waals surface area contributed by atoms with Crippen molar-refractivity contribution >= 4 is 40.6 Å². The lowest BCUT2D eigenvalue weighted by Gasteiger charge is -2.11. The number of thioether (sulfide) groups is 1. The minimum atomic E-state index is -0.478. The summed E-state index contributed by atoms with van der Waals surface area (Å²) in [4.78, 5) is 34.3. The Labute approximate surface area is 154 Å². The molecular weight excluding hydrogens is 356 g/mol. The van der Waals surface area contributed by atoms with Crippen LogP contribution in [0.5, 0.6) is 0 Å². The Kier molecular flexibility index (Phi) is 6.98. The summed E-state index contributed by atoms with van der Waals surface area (Å²) >= 11 is 1.24. The van der Waals surface area contributed by atoms with Crippen LogP contribution in [0.1, 0.15) is 6.42 Å². The van der Waals surface area contributed by atoms with E-state index < -0.39 is 10.8 Å². The maximum Gasteiger partial charge on any atom is 0.292 e. The molecule has 9 heteroatoms. The van der Waals surface area contributed by atoms with E-state index in [9.17, 15) is 19.7 Å². The fourth-order valence-electron chi connectivity index (χ4n) is 2.15. The molecule has 0 fully saturated rings. The molecule has 0 aliphatic heterocycles. The molecule has 2 aromatic rings. The number of nitrogens with one attached hydrogen (secondary N) is 2. The van der Waals surface area contributed by atoms with Gasteiger partial charge >= 0.3 is 0 Å². The zero-order chi connectivity index (χ0) is 18.9. The highest BCUT2D eigenvalue weighted by Gasteiger charge is 2.12. The van der Waals surface area contributed by atoms with Crippen LogP contribution in [0.4, 0.5) is 17.1 Å². The zero-order valence-corrected chi connectivity index (χ0v) is 14.6. The highest BCUT2D eigenvalue weighted by molar-refractivity contribution is 8.00. The van der Waals surface area contributed by atoms with Crippen molar-refractivity contribution in [2.45, 2.75) is 11.3 Å². The van der Waals surface area contributed by atoms with Crippen molar-refractivity contribution in [3.63, 3.8) is 0 Å². The highest BCUT2D eigenvalue weighted by Crippen LogP contribution is 2.27. The molecule has 0 heterocycles. The molecule has 136 valence electrons. The monoisotopic (exact) mass is 374 g/mol. The zero-order valence-electron chi connectivity index (χ0n) is 13.8. The molecule has 4 N–H and O–H groups in total. The van der Waals surface area contributed by atoms with E-state index >= 15 is 0 Å². The minimum absolute atomic E-state index is 0.0406. The largest absolute Gasteiger partial charge is 0.379 e. The second-order valence-corrected chi connectivity index (χ2v) is 6.27. The molecule has 0 saturated heterocycles. The van der Waals surface area contributed by atoms with Crippen molar-refractivity contribution in [3.05, 3.63) is 58.6 Å². The highest BCUT2D eigenvalue weighted by atomic mass is 32.2. The first-order valence-corrected chi connectivity index (χ1v) is 8.73. The van der Waals surface area contributed by atoms with E-state index in [2.05, 4.69) is 10.6 Å². The third-order valence-electron chi connectivity index (χ3n) is 3.30. The Morgan fingerprint density at radius 3 is 2.42 bits per heavy atom. The smallest absolute Gasteiger partial charge is 0.292 e. The number of rotatable bonds is 9. The summed E-state index contributed by atoms with van der Waals surface area (Å²) in [6.45, 7) is 0.243. The van der Waals surface area contributed by atoms with E-state index in [0.717, 1.165) is 4.90 Å². The third-order valence-corrected chi connectivity index (χ3v) is 4.40. The van der Waals surface area contributed by atoms with Gasteiger partial charge in [-0.05, 0) is 18.2 Å². The van der Waals surface area contributed by atoms with Gasteiger partial charge in [0.1, 0.15) is 5.69 Å². The molecule has 0 radical (unpaired) electrons. The maximum atomic E-state index is 12.1. The predicted molar refractivity (Wildman–Crippen MR) is 101 cm³/mol. The van der Waals surface area contributed by atoms with Crippen LogP contribution in [0.3, 0.4) is 0 Å². The molecule has 8 nitrogen and oxygen atoms in total. The normalized spacial score (nSPS) is 10.2. The lowest BCUT2D eigenvalue weighted by molar-refractivity contribution is -0.384. The fourth-order valence-corrected chi connectivity index (χ4v) is 2.90. The lowest BCUT2D eigenvalue weighted by Crippen LogP contribution is -2.17. The van der Waals surface area contributed by atoms with Crippen molar-refractivity contribution in [1.29, 1.82) is 0 Å². The molecule has 0 spiro atoms. The Bertz CT molecular complexity index is 813. The summed E-state index contributed by atoms with van der Waals surface area (Å²) in [7, 11) is 0. The van der Waals surface area contributed by atoms with Gasteiger partial charge in [-0.15, -0.1) is 11.8 Å². The summed E-state index contributed by atoms with van der Waals surface area (Å²) in [6.07, 6.45) is 0.126. The Balaban J connectivity index is 1.90. The number of hydrogen-bond acceptors (Lipinski definition) is 6. The first-order chi connectivity index (χ1) is 12.5. The van der Waals surface area contributed by atoms with Crippen molar-refractivity contribution in [1.82, 2.24) is 0 Å². The molecule has 0 aliphatic rings. The summed E-state index contributed by atoms with van der Waals surface area (Å²) in [5.41, 5.74) is 6.06. The van der Waals surface area contributed by atoms with Gasteiger partial charge in [-0.2, -0.15) is 0 Å². The van der Waals surface area contributed by atoms with Crippen molar-refractivity contribution in [2.24, 2.45) is 5.73 Å². The molecule has 0 unspecified atom stereocenters. The number of nitrogens with zero attached hydrogens (tertiary/aromatic N) is 1. The van der Waals surface area contributed by atoms with Crippen LogP contribution in [0.2, 0.25) is 0 Å². The average Bonchev–Trinajstić information content (AvgIpc) is 2.61.